The Morgan fingerprint density at radius 2 is 1.05 bits per heavy atom. The molecule has 0 radical (unpaired) electrons. The number of hydrogen-bond donors (Lipinski definition) is 0. The van der Waals surface area contributed by atoms with Gasteiger partial charge in [-0.3, -0.25) is 19.4 Å². The van der Waals surface area contributed by atoms with E-state index in [1.807, 2.05) is 87.2 Å². The Bertz CT molecular complexity index is 1630. The Morgan fingerprint density at radius 1 is 0.643 bits per heavy atom. The number of ether oxygens (including phenoxy) is 2. The quantitative estimate of drug-likeness (QED) is 0.0764. The van der Waals surface area contributed by atoms with E-state index in [0.29, 0.717) is 39.1 Å². The Kier molecular flexibility index (Phi) is 16.6. The molecule has 0 N–H and O–H groups in total. The third-order valence-corrected chi connectivity index (χ3v) is 10.7. The van der Waals surface area contributed by atoms with Gasteiger partial charge in [0.05, 0.1) is 37.1 Å². The van der Waals surface area contributed by atoms with Gasteiger partial charge in [-0.05, 0) is 51.9 Å². The number of hydrogen-bond acceptors (Lipinski definition) is 12. The van der Waals surface area contributed by atoms with Gasteiger partial charge in [-0.15, -0.1) is 0 Å². The second-order valence-corrected chi connectivity index (χ2v) is 15.3. The van der Waals surface area contributed by atoms with Crippen molar-refractivity contribution in [2.75, 3.05) is 65.6 Å². The summed E-state index contributed by atoms with van der Waals surface area (Å²) in [6.45, 7) is 13.1. The van der Waals surface area contributed by atoms with E-state index in [1.165, 1.54) is 13.8 Å². The highest BCUT2D eigenvalue weighted by Crippen LogP contribution is 2.17. The normalized spacial score (nSPS) is 15.1. The minimum atomic E-state index is -0.267. The van der Waals surface area contributed by atoms with Crippen molar-refractivity contribution in [3.8, 4) is 0 Å². The Labute approximate surface area is 332 Å². The largest absolute Gasteiger partial charge is 0.464 e. The van der Waals surface area contributed by atoms with E-state index in [1.54, 1.807) is 0 Å². The fourth-order valence-corrected chi connectivity index (χ4v) is 7.42. The number of aryl methyl sites for hydroxylation is 4. The maximum Gasteiger partial charge on any atom is 0.302 e. The molecular weight excluding hydrogens is 713 g/mol. The molecule has 4 aromatic rings. The van der Waals surface area contributed by atoms with Crippen LogP contribution in [0.3, 0.4) is 0 Å². The lowest BCUT2D eigenvalue weighted by molar-refractivity contribution is -0.143. The fraction of sp³-hybridized carbons (Fsp3) is 0.650. The molecule has 4 aromatic heterocycles. The molecule has 0 bridgehead atoms. The Morgan fingerprint density at radius 3 is 1.38 bits per heavy atom. The zero-order chi connectivity index (χ0) is 39.9. The molecule has 1 aliphatic heterocycles. The lowest BCUT2D eigenvalue weighted by Gasteiger charge is -2.35. The average molecular weight is 777 g/mol. The molecule has 16 nitrogen and oxygen atoms in total. The molecule has 1 fully saturated rings. The maximum atomic E-state index is 11.8. The highest BCUT2D eigenvalue weighted by molar-refractivity contribution is 5.66. The molecule has 0 unspecified atom stereocenters. The summed E-state index contributed by atoms with van der Waals surface area (Å²) in [4.78, 5) is 52.0. The number of imidazole rings is 4. The van der Waals surface area contributed by atoms with Crippen LogP contribution in [0.5, 0.6) is 0 Å². The summed E-state index contributed by atoms with van der Waals surface area (Å²) in [5.41, 5.74) is 1.97. The van der Waals surface area contributed by atoms with Gasteiger partial charge in [-0.2, -0.15) is 0 Å². The maximum absolute atomic E-state index is 11.8. The van der Waals surface area contributed by atoms with E-state index in [4.69, 9.17) is 9.47 Å². The molecule has 0 saturated carbocycles. The molecule has 16 heteroatoms. The van der Waals surface area contributed by atoms with Crippen LogP contribution in [-0.2, 0) is 73.2 Å². The summed E-state index contributed by atoms with van der Waals surface area (Å²) in [7, 11) is 7.99. The first-order valence-corrected chi connectivity index (χ1v) is 20.1. The standard InChI is InChI=1S/C40H64N12O4/c1-33(53)55-29-37(23-35-25-45(3)31-43-35)51(27-39-41-11-17-47(39)5)15-9-7-13-49-19-21-50(22-20-49)14-8-10-16-52(28-40-42-12-18-48(40)6)38(30-56-34(2)54)24-36-26-46(4)32-44-36/h11-12,17-18,25-26,31-32,37-38H,7-10,13-16,19-24,27-30H2,1-6H3/t37-,38-/m0/s1. The van der Waals surface area contributed by atoms with Crippen LogP contribution < -0.4 is 0 Å². The van der Waals surface area contributed by atoms with Crippen molar-refractivity contribution in [1.82, 2.24) is 57.8 Å². The van der Waals surface area contributed by atoms with Crippen LogP contribution in [0.2, 0.25) is 0 Å². The third kappa shape index (κ3) is 14.0. The van der Waals surface area contributed by atoms with Gasteiger partial charge in [0, 0.05) is 130 Å². The molecule has 0 aromatic carbocycles. The van der Waals surface area contributed by atoms with Gasteiger partial charge in [-0.25, -0.2) is 19.9 Å². The summed E-state index contributed by atoms with van der Waals surface area (Å²) in [6, 6.07) is -0.00636. The van der Waals surface area contributed by atoms with E-state index < -0.39 is 0 Å². The molecule has 1 aliphatic rings. The van der Waals surface area contributed by atoms with E-state index in [2.05, 4.69) is 48.7 Å². The minimum Gasteiger partial charge on any atom is -0.464 e. The Hall–Kier alpha value is -4.38. The molecular formula is C40H64N12O4. The van der Waals surface area contributed by atoms with Crippen LogP contribution >= 0.6 is 0 Å². The van der Waals surface area contributed by atoms with Gasteiger partial charge in [0.2, 0.25) is 0 Å². The summed E-state index contributed by atoms with van der Waals surface area (Å²) in [5.74, 6) is 1.44. The zero-order valence-electron chi connectivity index (χ0n) is 34.5. The highest BCUT2D eigenvalue weighted by Gasteiger charge is 2.25. The van der Waals surface area contributed by atoms with E-state index in [-0.39, 0.29) is 24.0 Å². The monoisotopic (exact) mass is 777 g/mol. The predicted molar refractivity (Wildman–Crippen MR) is 213 cm³/mol. The van der Waals surface area contributed by atoms with Crippen molar-refractivity contribution in [3.05, 3.63) is 72.9 Å². The third-order valence-electron chi connectivity index (χ3n) is 10.7. The van der Waals surface area contributed by atoms with Crippen molar-refractivity contribution in [3.63, 3.8) is 0 Å². The van der Waals surface area contributed by atoms with Gasteiger partial charge >= 0.3 is 11.9 Å². The SMILES string of the molecule is CC(=O)OC[C@H](Cc1cn(C)cn1)N(CCCCN1CCN(CCCCN(Cc2nccn2C)[C@H](COC(C)=O)Cc2cn(C)cn2)CC1)Cc1nccn1C. The number of esters is 2. The Balaban J connectivity index is 1.07. The lowest BCUT2D eigenvalue weighted by Crippen LogP contribution is -2.47. The van der Waals surface area contributed by atoms with E-state index in [0.717, 1.165) is 101 Å². The summed E-state index contributed by atoms with van der Waals surface area (Å²) in [6.07, 6.45) is 21.0. The molecule has 5 rings (SSSR count). The van der Waals surface area contributed by atoms with Crippen LogP contribution in [0.4, 0.5) is 0 Å². The van der Waals surface area contributed by atoms with Crippen LogP contribution in [0.25, 0.3) is 0 Å². The predicted octanol–water partition coefficient (Wildman–Crippen LogP) is 2.45. The number of carbonyl (C=O) groups excluding carboxylic acids is 2. The number of aromatic nitrogens is 8. The van der Waals surface area contributed by atoms with Crippen LogP contribution in [0.1, 0.15) is 62.6 Å². The first kappa shape index (κ1) is 42.8. The van der Waals surface area contributed by atoms with Crippen molar-refractivity contribution < 1.29 is 19.1 Å². The fourth-order valence-electron chi connectivity index (χ4n) is 7.42. The molecule has 2 atom stereocenters. The molecule has 0 aliphatic carbocycles. The zero-order valence-corrected chi connectivity index (χ0v) is 34.5. The van der Waals surface area contributed by atoms with Crippen molar-refractivity contribution in [2.45, 2.75) is 77.5 Å². The topological polar surface area (TPSA) is 137 Å². The number of rotatable bonds is 24. The van der Waals surface area contributed by atoms with Crippen LogP contribution in [0, 0.1) is 0 Å². The van der Waals surface area contributed by atoms with Gasteiger partial charge in [-0.1, -0.05) is 0 Å². The number of carbonyl (C=O) groups is 2. The second-order valence-electron chi connectivity index (χ2n) is 15.3. The highest BCUT2D eigenvalue weighted by atomic mass is 16.5. The minimum absolute atomic E-state index is 0.00318. The lowest BCUT2D eigenvalue weighted by atomic mass is 10.1. The molecule has 308 valence electrons. The first-order valence-electron chi connectivity index (χ1n) is 20.1. The van der Waals surface area contributed by atoms with Crippen molar-refractivity contribution in [2.24, 2.45) is 28.2 Å². The second kappa shape index (κ2) is 21.8. The van der Waals surface area contributed by atoms with Crippen molar-refractivity contribution >= 4 is 11.9 Å². The molecule has 5 heterocycles. The van der Waals surface area contributed by atoms with Gasteiger partial charge in [0.15, 0.2) is 0 Å². The number of piperazine rings is 1. The summed E-state index contributed by atoms with van der Waals surface area (Å²) >= 11 is 0. The summed E-state index contributed by atoms with van der Waals surface area (Å²) in [5, 5.41) is 0. The van der Waals surface area contributed by atoms with Crippen LogP contribution in [-0.4, -0.2) is 147 Å². The molecule has 1 saturated heterocycles. The van der Waals surface area contributed by atoms with Crippen molar-refractivity contribution in [1.29, 1.82) is 0 Å². The molecule has 0 amide bonds. The van der Waals surface area contributed by atoms with Gasteiger partial charge < -0.3 is 37.5 Å². The van der Waals surface area contributed by atoms with E-state index in [9.17, 15) is 9.59 Å². The number of nitrogens with zero attached hydrogens (tertiary/aromatic N) is 12. The van der Waals surface area contributed by atoms with E-state index >= 15 is 0 Å². The summed E-state index contributed by atoms with van der Waals surface area (Å²) < 4.78 is 19.2. The van der Waals surface area contributed by atoms with Gasteiger partial charge in [0.1, 0.15) is 24.9 Å². The van der Waals surface area contributed by atoms with Crippen LogP contribution in [0.15, 0.2) is 49.8 Å². The molecule has 0 spiro atoms. The van der Waals surface area contributed by atoms with Gasteiger partial charge in [0.25, 0.3) is 0 Å². The first-order chi connectivity index (χ1) is 27.0. The number of unbranched alkanes of at least 4 members (excludes halogenated alkanes) is 2. The smallest absolute Gasteiger partial charge is 0.302 e. The average Bonchev–Trinajstić information content (AvgIpc) is 3.98. The molecule has 56 heavy (non-hydrogen) atoms.